The molecule has 2 aromatic rings. The normalized spacial score (nSPS) is 12.0. The smallest absolute Gasteiger partial charge is 0.0794 e. The van der Waals surface area contributed by atoms with Crippen LogP contribution >= 0.6 is 11.6 Å². The van der Waals surface area contributed by atoms with Crippen molar-refractivity contribution in [3.8, 4) is 11.1 Å². The first-order valence-electron chi connectivity index (χ1n) is 9.21. The van der Waals surface area contributed by atoms with Crippen LogP contribution < -0.4 is 10.2 Å². The van der Waals surface area contributed by atoms with E-state index in [4.69, 9.17) is 16.3 Å². The Hall–Kier alpha value is -1.71. The van der Waals surface area contributed by atoms with E-state index in [1.807, 2.05) is 6.92 Å². The molecule has 0 heterocycles. The van der Waals surface area contributed by atoms with Gasteiger partial charge in [-0.3, -0.25) is 0 Å². The van der Waals surface area contributed by atoms with Crippen molar-refractivity contribution in [2.75, 3.05) is 43.1 Å². The Morgan fingerprint density at radius 3 is 2.60 bits per heavy atom. The van der Waals surface area contributed by atoms with Crippen molar-refractivity contribution in [3.05, 3.63) is 46.5 Å². The molecule has 3 nitrogen and oxygen atoms in total. The molecule has 0 radical (unpaired) electrons. The summed E-state index contributed by atoms with van der Waals surface area (Å²) in [5, 5.41) is 4.44. The molecule has 0 saturated carbocycles. The minimum atomic E-state index is 0.697. The summed E-state index contributed by atoms with van der Waals surface area (Å²) in [6.45, 7) is 10.5. The lowest BCUT2D eigenvalue weighted by Crippen LogP contribution is -2.24. The first-order valence-corrected chi connectivity index (χ1v) is 9.59. The number of nitrogens with one attached hydrogen (secondary N) is 1. The lowest BCUT2D eigenvalue weighted by atomic mass is 10.0. The van der Waals surface area contributed by atoms with Crippen molar-refractivity contribution >= 4 is 23.0 Å². The number of halogens is 1. The van der Waals surface area contributed by atoms with Gasteiger partial charge in [-0.05, 0) is 49.1 Å². The average Bonchev–Trinajstić information content (AvgIpc) is 2.99. The monoisotopic (exact) mass is 358 g/mol. The molecule has 0 aliphatic heterocycles. The Bertz CT molecular complexity index is 741. The summed E-state index contributed by atoms with van der Waals surface area (Å²) in [7, 11) is 0. The molecule has 4 heteroatoms. The number of anilines is 2. The Morgan fingerprint density at radius 1 is 1.12 bits per heavy atom. The summed E-state index contributed by atoms with van der Waals surface area (Å²) in [5.74, 6) is 0. The summed E-state index contributed by atoms with van der Waals surface area (Å²) in [4.78, 5) is 2.33. The van der Waals surface area contributed by atoms with Gasteiger partial charge < -0.3 is 15.0 Å². The van der Waals surface area contributed by atoms with Gasteiger partial charge in [-0.15, -0.1) is 0 Å². The van der Waals surface area contributed by atoms with E-state index in [1.165, 1.54) is 27.9 Å². The van der Waals surface area contributed by atoms with Gasteiger partial charge in [-0.25, -0.2) is 0 Å². The highest BCUT2D eigenvalue weighted by atomic mass is 35.5. The third kappa shape index (κ3) is 3.49. The highest BCUT2D eigenvalue weighted by molar-refractivity contribution is 6.34. The molecule has 2 aromatic carbocycles. The summed E-state index contributed by atoms with van der Waals surface area (Å²) < 4.78 is 5.51. The van der Waals surface area contributed by atoms with Crippen molar-refractivity contribution in [1.82, 2.24) is 0 Å². The van der Waals surface area contributed by atoms with Crippen molar-refractivity contribution in [3.63, 3.8) is 0 Å². The average molecular weight is 359 g/mol. The fraction of sp³-hybridized carbons (Fsp3) is 0.429. The largest absolute Gasteiger partial charge is 0.381 e. The molecule has 0 saturated heterocycles. The predicted molar refractivity (Wildman–Crippen MR) is 108 cm³/mol. The highest BCUT2D eigenvalue weighted by Crippen LogP contribution is 2.47. The van der Waals surface area contributed by atoms with E-state index in [9.17, 15) is 0 Å². The second-order valence-corrected chi connectivity index (χ2v) is 6.65. The molecule has 1 aliphatic rings. The number of rotatable bonds is 8. The molecule has 0 spiro atoms. The van der Waals surface area contributed by atoms with Gasteiger partial charge in [0, 0.05) is 32.7 Å². The molecule has 0 bridgehead atoms. The quantitative estimate of drug-likeness (QED) is 0.560. The van der Waals surface area contributed by atoms with Gasteiger partial charge in [0.1, 0.15) is 0 Å². The topological polar surface area (TPSA) is 24.5 Å². The lowest BCUT2D eigenvalue weighted by Gasteiger charge is -2.28. The number of benzene rings is 2. The second-order valence-electron chi connectivity index (χ2n) is 6.24. The zero-order valence-corrected chi connectivity index (χ0v) is 16.1. The lowest BCUT2D eigenvalue weighted by molar-refractivity contribution is 0.158. The molecular weight excluding hydrogens is 332 g/mol. The zero-order chi connectivity index (χ0) is 17.8. The summed E-state index contributed by atoms with van der Waals surface area (Å²) in [6.07, 6.45) is 0.952. The standard InChI is InChI=1S/C21H27ClN2O/c1-4-24(5-2)21-19(22)14-17-16-10-8-7-9-15(16)13-18(17)20(21)23-11-12-25-6-3/h7-10,14,23H,4-6,11-13H2,1-3H3. The first-order chi connectivity index (χ1) is 12.2. The van der Waals surface area contributed by atoms with Crippen LogP contribution in [0.5, 0.6) is 0 Å². The van der Waals surface area contributed by atoms with Crippen LogP contribution in [0.4, 0.5) is 11.4 Å². The minimum Gasteiger partial charge on any atom is -0.381 e. The maximum absolute atomic E-state index is 6.76. The maximum Gasteiger partial charge on any atom is 0.0794 e. The molecule has 0 atom stereocenters. The van der Waals surface area contributed by atoms with Gasteiger partial charge in [-0.2, -0.15) is 0 Å². The summed E-state index contributed by atoms with van der Waals surface area (Å²) >= 11 is 6.76. The number of fused-ring (bicyclic) bond motifs is 3. The SMILES string of the molecule is CCOCCNc1c2c(cc(Cl)c1N(CC)CC)-c1ccccc1C2. The third-order valence-corrected chi connectivity index (χ3v) is 5.16. The van der Waals surface area contributed by atoms with E-state index in [0.717, 1.165) is 43.4 Å². The molecule has 0 fully saturated rings. The van der Waals surface area contributed by atoms with Crippen molar-refractivity contribution < 1.29 is 4.74 Å². The van der Waals surface area contributed by atoms with Gasteiger partial charge >= 0.3 is 0 Å². The van der Waals surface area contributed by atoms with Crippen LogP contribution in [0.3, 0.4) is 0 Å². The van der Waals surface area contributed by atoms with Crippen LogP contribution in [-0.2, 0) is 11.2 Å². The Balaban J connectivity index is 2.06. The number of ether oxygens (including phenoxy) is 1. The van der Waals surface area contributed by atoms with Crippen LogP contribution in [0.15, 0.2) is 30.3 Å². The molecule has 134 valence electrons. The maximum atomic E-state index is 6.76. The van der Waals surface area contributed by atoms with Crippen molar-refractivity contribution in [2.45, 2.75) is 27.2 Å². The first kappa shape index (κ1) is 18.1. The molecule has 1 aliphatic carbocycles. The van der Waals surface area contributed by atoms with Gasteiger partial charge in [0.05, 0.1) is 23.0 Å². The van der Waals surface area contributed by atoms with Crippen LogP contribution in [-0.4, -0.2) is 32.8 Å². The fourth-order valence-corrected chi connectivity index (χ4v) is 3.99. The Kier molecular flexibility index (Phi) is 5.87. The molecule has 0 aromatic heterocycles. The van der Waals surface area contributed by atoms with Crippen LogP contribution in [0, 0.1) is 0 Å². The van der Waals surface area contributed by atoms with E-state index in [2.05, 4.69) is 54.4 Å². The molecule has 0 unspecified atom stereocenters. The van der Waals surface area contributed by atoms with E-state index >= 15 is 0 Å². The number of nitrogens with zero attached hydrogens (tertiary/aromatic N) is 1. The molecule has 25 heavy (non-hydrogen) atoms. The van der Waals surface area contributed by atoms with Crippen molar-refractivity contribution in [2.24, 2.45) is 0 Å². The van der Waals surface area contributed by atoms with Gasteiger partial charge in [-0.1, -0.05) is 35.9 Å². The van der Waals surface area contributed by atoms with E-state index < -0.39 is 0 Å². The summed E-state index contributed by atoms with van der Waals surface area (Å²) in [5.41, 5.74) is 7.58. The van der Waals surface area contributed by atoms with Gasteiger partial charge in [0.15, 0.2) is 0 Å². The number of hydrogen-bond acceptors (Lipinski definition) is 3. The molecule has 1 N–H and O–H groups in total. The zero-order valence-electron chi connectivity index (χ0n) is 15.4. The van der Waals surface area contributed by atoms with Gasteiger partial charge in [0.2, 0.25) is 0 Å². The van der Waals surface area contributed by atoms with E-state index in [-0.39, 0.29) is 0 Å². The fourth-order valence-electron chi connectivity index (χ4n) is 3.66. The minimum absolute atomic E-state index is 0.697. The molecule has 3 rings (SSSR count). The molecule has 0 amide bonds. The molecular formula is C21H27ClN2O. The van der Waals surface area contributed by atoms with E-state index in [0.29, 0.717) is 6.61 Å². The summed E-state index contributed by atoms with van der Waals surface area (Å²) in [6, 6.07) is 10.8. The second kappa shape index (κ2) is 8.11. The highest BCUT2D eigenvalue weighted by Gasteiger charge is 2.26. The third-order valence-electron chi connectivity index (χ3n) is 4.87. The Labute approximate surface area is 155 Å². The van der Waals surface area contributed by atoms with Gasteiger partial charge in [0.25, 0.3) is 0 Å². The van der Waals surface area contributed by atoms with Crippen LogP contribution in [0.2, 0.25) is 5.02 Å². The number of hydrogen-bond donors (Lipinski definition) is 1. The predicted octanol–water partition coefficient (Wildman–Crippen LogP) is 5.21. The van der Waals surface area contributed by atoms with Crippen molar-refractivity contribution in [1.29, 1.82) is 0 Å². The Morgan fingerprint density at radius 2 is 1.88 bits per heavy atom. The van der Waals surface area contributed by atoms with Crippen LogP contribution in [0.25, 0.3) is 11.1 Å². The van der Waals surface area contributed by atoms with Crippen LogP contribution in [0.1, 0.15) is 31.9 Å². The van der Waals surface area contributed by atoms with E-state index in [1.54, 1.807) is 0 Å².